The lowest BCUT2D eigenvalue weighted by molar-refractivity contribution is -0.113. The molecule has 10 nitrogen and oxygen atoms in total. The third-order valence-electron chi connectivity index (χ3n) is 5.29. The predicted octanol–water partition coefficient (Wildman–Crippen LogP) is 3.57. The van der Waals surface area contributed by atoms with Gasteiger partial charge >= 0.3 is 11.2 Å². The minimum Gasteiger partial charge on any atom is -0.484 e. The molecule has 0 radical (unpaired) electrons. The number of esters is 1. The molecule has 186 valence electrons. The van der Waals surface area contributed by atoms with E-state index in [9.17, 15) is 18.0 Å². The van der Waals surface area contributed by atoms with Crippen LogP contribution in [0.3, 0.4) is 0 Å². The Hall–Kier alpha value is -3.25. The number of benzene rings is 1. The molecular formula is C23H25N3O7S2. The molecule has 3 aromatic rings. The highest BCUT2D eigenvalue weighted by molar-refractivity contribution is 7.91. The first-order valence-corrected chi connectivity index (χ1v) is 13.7. The number of sulfone groups is 1. The fourth-order valence-corrected chi connectivity index (χ4v) is 5.95. The largest absolute Gasteiger partial charge is 0.484 e. The van der Waals surface area contributed by atoms with E-state index in [0.29, 0.717) is 22.7 Å². The number of rotatable bonds is 9. The quantitative estimate of drug-likeness (QED) is 0.332. The number of hydrogen-bond donors (Lipinski definition) is 1. The van der Waals surface area contributed by atoms with Crippen molar-refractivity contribution in [3.63, 3.8) is 0 Å². The molecule has 0 saturated carbocycles. The molecule has 1 N–H and O–H groups in total. The van der Waals surface area contributed by atoms with Gasteiger partial charge in [0.1, 0.15) is 16.5 Å². The molecule has 2 heterocycles. The van der Waals surface area contributed by atoms with Crippen LogP contribution in [-0.2, 0) is 38.8 Å². The van der Waals surface area contributed by atoms with Crippen LogP contribution in [0.15, 0.2) is 40.0 Å². The molecule has 35 heavy (non-hydrogen) atoms. The van der Waals surface area contributed by atoms with E-state index in [-0.39, 0.29) is 19.1 Å². The number of aryl methyl sites for hydroxylation is 1. The van der Waals surface area contributed by atoms with E-state index >= 15 is 0 Å². The van der Waals surface area contributed by atoms with Crippen molar-refractivity contribution < 1.29 is 31.9 Å². The molecule has 1 aliphatic rings. The van der Waals surface area contributed by atoms with E-state index < -0.39 is 32.7 Å². The molecular weight excluding hydrogens is 494 g/mol. The highest BCUT2D eigenvalue weighted by Crippen LogP contribution is 2.38. The lowest BCUT2D eigenvalue weighted by Crippen LogP contribution is -2.24. The van der Waals surface area contributed by atoms with E-state index in [1.807, 2.05) is 6.07 Å². The number of aromatic nitrogens is 2. The van der Waals surface area contributed by atoms with Crippen molar-refractivity contribution in [1.82, 2.24) is 10.2 Å². The first-order chi connectivity index (χ1) is 16.9. The average molecular weight is 520 g/mol. The summed E-state index contributed by atoms with van der Waals surface area (Å²) in [5, 5.41) is 9.47. The normalized spacial score (nSPS) is 13.5. The van der Waals surface area contributed by atoms with Crippen LogP contribution >= 0.6 is 11.3 Å². The van der Waals surface area contributed by atoms with E-state index in [0.717, 1.165) is 36.1 Å². The van der Waals surface area contributed by atoms with Crippen LogP contribution in [0.4, 0.5) is 5.00 Å². The van der Waals surface area contributed by atoms with Gasteiger partial charge in [0.25, 0.3) is 5.89 Å². The number of para-hydroxylation sites is 1. The molecule has 1 amide bonds. The van der Waals surface area contributed by atoms with Gasteiger partial charge in [-0.2, -0.15) is 0 Å². The summed E-state index contributed by atoms with van der Waals surface area (Å²) in [7, 11) is -4.21. The number of carbonyl (C=O) groups is 2. The van der Waals surface area contributed by atoms with Gasteiger partial charge in [-0.1, -0.05) is 29.7 Å². The molecule has 0 saturated heterocycles. The Labute approximate surface area is 206 Å². The zero-order chi connectivity index (χ0) is 24.8. The van der Waals surface area contributed by atoms with E-state index in [2.05, 4.69) is 15.5 Å². The number of amides is 1. The average Bonchev–Trinajstić information content (AvgIpc) is 3.37. The summed E-state index contributed by atoms with van der Waals surface area (Å²) in [6.45, 7) is 1.78. The molecule has 0 spiro atoms. The van der Waals surface area contributed by atoms with Crippen LogP contribution in [0.1, 0.15) is 52.9 Å². The Bertz CT molecular complexity index is 1300. The van der Waals surface area contributed by atoms with Crippen LogP contribution in [0.2, 0.25) is 0 Å². The number of fused-ring (bicyclic) bond motifs is 1. The lowest BCUT2D eigenvalue weighted by Gasteiger charge is -2.08. The van der Waals surface area contributed by atoms with Gasteiger partial charge < -0.3 is 19.2 Å². The number of carbonyl (C=O) groups excluding carboxylic acids is 2. The minimum atomic E-state index is -4.21. The van der Waals surface area contributed by atoms with Gasteiger partial charge in [-0.05, 0) is 50.3 Å². The first kappa shape index (κ1) is 24.9. The SMILES string of the molecule is CCOC(=O)c1c(NC(=O)CS(=O)(=O)c2nnc(COc3ccccc3)o2)sc2c1CCCCC2. The Morgan fingerprint density at radius 3 is 2.66 bits per heavy atom. The molecule has 0 atom stereocenters. The van der Waals surface area contributed by atoms with Gasteiger partial charge in [0.05, 0.1) is 12.2 Å². The highest BCUT2D eigenvalue weighted by atomic mass is 32.2. The van der Waals surface area contributed by atoms with Gasteiger partial charge in [0, 0.05) is 4.88 Å². The van der Waals surface area contributed by atoms with Crippen LogP contribution < -0.4 is 10.1 Å². The second kappa shape index (κ2) is 11.0. The Balaban J connectivity index is 1.45. The van der Waals surface area contributed by atoms with Crippen LogP contribution in [0.5, 0.6) is 5.75 Å². The van der Waals surface area contributed by atoms with Crippen molar-refractivity contribution in [2.24, 2.45) is 0 Å². The second-order valence-electron chi connectivity index (χ2n) is 7.86. The summed E-state index contributed by atoms with van der Waals surface area (Å²) in [5.74, 6) is -1.74. The third kappa shape index (κ3) is 6.06. The summed E-state index contributed by atoms with van der Waals surface area (Å²) >= 11 is 1.29. The Morgan fingerprint density at radius 1 is 1.11 bits per heavy atom. The van der Waals surface area contributed by atoms with Crippen molar-refractivity contribution >= 4 is 38.1 Å². The molecule has 1 aliphatic carbocycles. The summed E-state index contributed by atoms with van der Waals surface area (Å²) in [4.78, 5) is 26.3. The third-order valence-corrected chi connectivity index (χ3v) is 7.84. The second-order valence-corrected chi connectivity index (χ2v) is 10.8. The zero-order valence-corrected chi connectivity index (χ0v) is 20.7. The van der Waals surface area contributed by atoms with Crippen LogP contribution in [0.25, 0.3) is 0 Å². The van der Waals surface area contributed by atoms with Crippen molar-refractivity contribution in [2.75, 3.05) is 17.7 Å². The number of ether oxygens (including phenoxy) is 2. The van der Waals surface area contributed by atoms with Gasteiger partial charge in [-0.15, -0.1) is 16.4 Å². The monoisotopic (exact) mass is 519 g/mol. The maximum atomic E-state index is 12.7. The summed E-state index contributed by atoms with van der Waals surface area (Å²) in [6, 6.07) is 8.87. The van der Waals surface area contributed by atoms with E-state index in [4.69, 9.17) is 13.9 Å². The van der Waals surface area contributed by atoms with E-state index in [1.165, 1.54) is 11.3 Å². The number of thiophene rings is 1. The number of anilines is 1. The molecule has 0 aliphatic heterocycles. The van der Waals surface area contributed by atoms with Gasteiger partial charge in [0.2, 0.25) is 15.7 Å². The summed E-state index contributed by atoms with van der Waals surface area (Å²) in [5.41, 5.74) is 1.20. The van der Waals surface area contributed by atoms with E-state index in [1.54, 1.807) is 31.2 Å². The predicted molar refractivity (Wildman–Crippen MR) is 127 cm³/mol. The summed E-state index contributed by atoms with van der Waals surface area (Å²) in [6.07, 6.45) is 4.50. The van der Waals surface area contributed by atoms with Crippen molar-refractivity contribution in [3.8, 4) is 5.75 Å². The molecule has 0 unspecified atom stereocenters. The Kier molecular flexibility index (Phi) is 7.81. The highest BCUT2D eigenvalue weighted by Gasteiger charge is 2.30. The molecule has 0 fully saturated rings. The fourth-order valence-electron chi connectivity index (χ4n) is 3.73. The van der Waals surface area contributed by atoms with Gasteiger partial charge in [0.15, 0.2) is 6.61 Å². The standard InChI is InChI=1S/C23H25N3O7S2/c1-2-31-22(28)20-16-11-7-4-8-12-17(16)34-21(20)24-18(27)14-35(29,30)23-26-25-19(33-23)13-32-15-9-5-3-6-10-15/h3,5-6,9-10H,2,4,7-8,11-14H2,1H3,(H,24,27). The van der Waals surface area contributed by atoms with Gasteiger partial charge in [-0.3, -0.25) is 4.79 Å². The van der Waals surface area contributed by atoms with Crippen molar-refractivity contribution in [1.29, 1.82) is 0 Å². The topological polar surface area (TPSA) is 138 Å². The van der Waals surface area contributed by atoms with Crippen molar-refractivity contribution in [2.45, 2.75) is 50.9 Å². The Morgan fingerprint density at radius 2 is 1.89 bits per heavy atom. The van der Waals surface area contributed by atoms with Gasteiger partial charge in [-0.25, -0.2) is 13.2 Å². The zero-order valence-electron chi connectivity index (χ0n) is 19.1. The minimum absolute atomic E-state index is 0.0422. The molecule has 1 aromatic carbocycles. The number of nitrogens with one attached hydrogen (secondary N) is 1. The molecule has 0 bridgehead atoms. The first-order valence-electron chi connectivity index (χ1n) is 11.2. The molecule has 2 aromatic heterocycles. The fraction of sp³-hybridized carbons (Fsp3) is 0.391. The molecule has 4 rings (SSSR count). The number of nitrogens with zero attached hydrogens (tertiary/aromatic N) is 2. The summed E-state index contributed by atoms with van der Waals surface area (Å²) < 4.78 is 41.3. The maximum Gasteiger partial charge on any atom is 0.341 e. The van der Waals surface area contributed by atoms with Crippen molar-refractivity contribution in [3.05, 3.63) is 52.2 Å². The maximum absolute atomic E-state index is 12.7. The smallest absolute Gasteiger partial charge is 0.341 e. The van der Waals surface area contributed by atoms with Crippen LogP contribution in [-0.4, -0.2) is 42.9 Å². The van der Waals surface area contributed by atoms with Crippen LogP contribution in [0, 0.1) is 0 Å². The lowest BCUT2D eigenvalue weighted by atomic mass is 10.1. The molecule has 12 heteroatoms. The number of hydrogen-bond acceptors (Lipinski definition) is 10.